The number of nitrogens with one attached hydrogen (secondary N) is 1. The molecule has 8 nitrogen and oxygen atoms in total. The fourth-order valence-corrected chi connectivity index (χ4v) is 3.23. The third-order valence-corrected chi connectivity index (χ3v) is 4.44. The van der Waals surface area contributed by atoms with Crippen LogP contribution in [-0.2, 0) is 17.6 Å². The first-order valence-corrected chi connectivity index (χ1v) is 8.35. The third kappa shape index (κ3) is 3.05. The molecule has 1 aromatic carbocycles. The lowest BCUT2D eigenvalue weighted by atomic mass is 9.99. The molecule has 0 aliphatic carbocycles. The molecule has 3 aromatic rings. The summed E-state index contributed by atoms with van der Waals surface area (Å²) in [4.78, 5) is 18.5. The van der Waals surface area contributed by atoms with Gasteiger partial charge in [-0.1, -0.05) is 5.21 Å². The number of aromatic amines is 1. The number of carboxylic acids is 1. The lowest BCUT2D eigenvalue weighted by Gasteiger charge is -2.16. The second-order valence-electron chi connectivity index (χ2n) is 7.08. The summed E-state index contributed by atoms with van der Waals surface area (Å²) in [6.45, 7) is 4.10. The van der Waals surface area contributed by atoms with Crippen molar-refractivity contribution in [3.8, 4) is 17.0 Å². The monoisotopic (exact) mass is 353 g/mol. The number of aliphatic carboxylic acids is 1. The molecular formula is C18H19N5O3. The molecule has 0 radical (unpaired) electrons. The number of fused-ring (bicyclic) bond motifs is 1. The van der Waals surface area contributed by atoms with E-state index >= 15 is 0 Å². The molecule has 2 aromatic heterocycles. The Morgan fingerprint density at radius 2 is 2.31 bits per heavy atom. The van der Waals surface area contributed by atoms with Gasteiger partial charge in [-0.25, -0.2) is 14.5 Å². The normalized spacial score (nSPS) is 16.1. The van der Waals surface area contributed by atoms with E-state index in [-0.39, 0.29) is 12.0 Å². The Morgan fingerprint density at radius 1 is 1.46 bits per heavy atom. The maximum absolute atomic E-state index is 11.7. The van der Waals surface area contributed by atoms with Crippen molar-refractivity contribution in [3.63, 3.8) is 0 Å². The minimum atomic E-state index is -0.972. The van der Waals surface area contributed by atoms with Crippen LogP contribution in [0.4, 0.5) is 0 Å². The van der Waals surface area contributed by atoms with Gasteiger partial charge in [-0.15, -0.1) is 5.10 Å². The number of hydrogen-bond donors (Lipinski definition) is 2. The van der Waals surface area contributed by atoms with E-state index < -0.39 is 12.0 Å². The van der Waals surface area contributed by atoms with Gasteiger partial charge >= 0.3 is 5.97 Å². The summed E-state index contributed by atoms with van der Waals surface area (Å²) in [5, 5.41) is 17.8. The lowest BCUT2D eigenvalue weighted by molar-refractivity contribution is -0.141. The topological polar surface area (TPSA) is 106 Å². The van der Waals surface area contributed by atoms with E-state index in [2.05, 4.69) is 34.1 Å². The maximum atomic E-state index is 11.7. The van der Waals surface area contributed by atoms with Crippen LogP contribution in [0.5, 0.6) is 5.75 Å². The smallest absolute Gasteiger partial charge is 0.328 e. The zero-order chi connectivity index (χ0) is 18.3. The molecular weight excluding hydrogens is 334 g/mol. The summed E-state index contributed by atoms with van der Waals surface area (Å²) in [6, 6.07) is 5.02. The summed E-state index contributed by atoms with van der Waals surface area (Å²) in [5.41, 5.74) is 3.16. The molecule has 134 valence electrons. The predicted octanol–water partition coefficient (Wildman–Crippen LogP) is 2.25. The van der Waals surface area contributed by atoms with E-state index in [1.807, 2.05) is 18.2 Å². The Hall–Kier alpha value is -3.16. The Balaban J connectivity index is 1.61. The van der Waals surface area contributed by atoms with Gasteiger partial charge in [0, 0.05) is 30.3 Å². The van der Waals surface area contributed by atoms with E-state index in [0.717, 1.165) is 29.0 Å². The van der Waals surface area contributed by atoms with Crippen LogP contribution in [0.15, 0.2) is 36.9 Å². The van der Waals surface area contributed by atoms with E-state index in [9.17, 15) is 9.90 Å². The molecule has 1 aliphatic heterocycles. The molecule has 26 heavy (non-hydrogen) atoms. The van der Waals surface area contributed by atoms with Gasteiger partial charge in [0.25, 0.3) is 0 Å². The molecule has 0 saturated heterocycles. The zero-order valence-electron chi connectivity index (χ0n) is 14.5. The summed E-state index contributed by atoms with van der Waals surface area (Å²) in [7, 11) is 0. The SMILES string of the molecule is CC1(C)Cc2cc(-c3cn([C@@H](Cc4cnc[nH]4)C(=O)O)nn3)ccc2O1. The van der Waals surface area contributed by atoms with Crippen LogP contribution in [0, 0.1) is 0 Å². The quantitative estimate of drug-likeness (QED) is 0.729. The van der Waals surface area contributed by atoms with Gasteiger partial charge in [0.2, 0.25) is 0 Å². The van der Waals surface area contributed by atoms with Crippen molar-refractivity contribution in [2.24, 2.45) is 0 Å². The van der Waals surface area contributed by atoms with Crippen molar-refractivity contribution in [2.75, 3.05) is 0 Å². The van der Waals surface area contributed by atoms with Crippen molar-refractivity contribution in [2.45, 2.75) is 38.3 Å². The highest BCUT2D eigenvalue weighted by molar-refractivity contribution is 5.72. The molecule has 2 N–H and O–H groups in total. The molecule has 8 heteroatoms. The summed E-state index contributed by atoms with van der Waals surface area (Å²) in [5.74, 6) is -0.0889. The number of nitrogens with zero attached hydrogens (tertiary/aromatic N) is 4. The fraction of sp³-hybridized carbons (Fsp3) is 0.333. The molecule has 1 aliphatic rings. The van der Waals surface area contributed by atoms with E-state index in [1.54, 1.807) is 12.4 Å². The third-order valence-electron chi connectivity index (χ3n) is 4.44. The molecule has 0 saturated carbocycles. The molecule has 0 fully saturated rings. The highest BCUT2D eigenvalue weighted by Crippen LogP contribution is 2.37. The van der Waals surface area contributed by atoms with Crippen molar-refractivity contribution in [1.82, 2.24) is 25.0 Å². The highest BCUT2D eigenvalue weighted by Gasteiger charge is 2.30. The molecule has 0 unspecified atom stereocenters. The van der Waals surface area contributed by atoms with Crippen molar-refractivity contribution >= 4 is 5.97 Å². The standard InChI is InChI=1S/C18H19N5O3/c1-18(2)7-12-5-11(3-4-16(12)26-18)14-9-23(22-21-14)15(17(24)25)6-13-8-19-10-20-13/h3-5,8-10,15H,6-7H2,1-2H3,(H,19,20)(H,24,25)/t15-/m0/s1. The second-order valence-corrected chi connectivity index (χ2v) is 7.08. The lowest BCUT2D eigenvalue weighted by Crippen LogP contribution is -2.24. The average Bonchev–Trinajstić information content (AvgIpc) is 3.29. The number of H-pyrrole nitrogens is 1. The minimum Gasteiger partial charge on any atom is -0.487 e. The van der Waals surface area contributed by atoms with Crippen LogP contribution in [0.2, 0.25) is 0 Å². The number of hydrogen-bond acceptors (Lipinski definition) is 5. The van der Waals surface area contributed by atoms with Crippen LogP contribution in [0.25, 0.3) is 11.3 Å². The average molecular weight is 353 g/mol. The number of imidazole rings is 1. The Morgan fingerprint density at radius 3 is 3.04 bits per heavy atom. The summed E-state index contributed by atoms with van der Waals surface area (Å²) in [6.07, 6.45) is 5.87. The van der Waals surface area contributed by atoms with Crippen LogP contribution in [0.1, 0.15) is 31.1 Å². The van der Waals surface area contributed by atoms with Gasteiger partial charge in [0.05, 0.1) is 12.5 Å². The summed E-state index contributed by atoms with van der Waals surface area (Å²) < 4.78 is 7.27. The van der Waals surface area contributed by atoms with Gasteiger partial charge in [0.15, 0.2) is 6.04 Å². The first-order valence-electron chi connectivity index (χ1n) is 8.35. The number of benzene rings is 1. The first-order chi connectivity index (χ1) is 12.4. The van der Waals surface area contributed by atoms with Gasteiger partial charge in [-0.05, 0) is 37.6 Å². The Bertz CT molecular complexity index is 946. The number of carbonyl (C=O) groups is 1. The molecule has 4 rings (SSSR count). The number of ether oxygens (including phenoxy) is 1. The number of aromatic nitrogens is 5. The molecule has 0 amide bonds. The van der Waals surface area contributed by atoms with Crippen LogP contribution in [0.3, 0.4) is 0 Å². The predicted molar refractivity (Wildman–Crippen MR) is 92.8 cm³/mol. The van der Waals surface area contributed by atoms with Gasteiger partial charge < -0.3 is 14.8 Å². The number of rotatable bonds is 5. The van der Waals surface area contributed by atoms with Crippen molar-refractivity contribution < 1.29 is 14.6 Å². The fourth-order valence-electron chi connectivity index (χ4n) is 3.23. The van der Waals surface area contributed by atoms with Gasteiger partial charge in [0.1, 0.15) is 17.0 Å². The molecule has 0 spiro atoms. The van der Waals surface area contributed by atoms with Crippen LogP contribution < -0.4 is 4.74 Å². The highest BCUT2D eigenvalue weighted by atomic mass is 16.5. The first kappa shape index (κ1) is 16.3. The second kappa shape index (κ2) is 5.98. The Kier molecular flexibility index (Phi) is 3.75. The van der Waals surface area contributed by atoms with E-state index in [4.69, 9.17) is 4.74 Å². The number of carboxylic acid groups (broad SMARTS) is 1. The van der Waals surface area contributed by atoms with E-state index in [0.29, 0.717) is 5.69 Å². The van der Waals surface area contributed by atoms with E-state index in [1.165, 1.54) is 11.0 Å². The van der Waals surface area contributed by atoms with Crippen molar-refractivity contribution in [3.05, 3.63) is 48.2 Å². The largest absolute Gasteiger partial charge is 0.487 e. The van der Waals surface area contributed by atoms with Gasteiger partial charge in [-0.2, -0.15) is 0 Å². The van der Waals surface area contributed by atoms with Gasteiger partial charge in [-0.3, -0.25) is 0 Å². The molecule has 3 heterocycles. The van der Waals surface area contributed by atoms with Crippen LogP contribution >= 0.6 is 0 Å². The summed E-state index contributed by atoms with van der Waals surface area (Å²) >= 11 is 0. The maximum Gasteiger partial charge on any atom is 0.328 e. The Labute approximate surface area is 149 Å². The molecule has 1 atom stereocenters. The van der Waals surface area contributed by atoms with Crippen LogP contribution in [-0.4, -0.2) is 41.6 Å². The van der Waals surface area contributed by atoms with Crippen molar-refractivity contribution in [1.29, 1.82) is 0 Å². The zero-order valence-corrected chi connectivity index (χ0v) is 14.5. The minimum absolute atomic E-state index is 0.211. The molecule has 0 bridgehead atoms.